The largest absolute Gasteiger partial charge is 0.489 e. The molecule has 0 radical (unpaired) electrons. The minimum atomic E-state index is -0.113. The maximum absolute atomic E-state index is 12.7. The molecule has 4 aromatic rings. The number of carbonyl (C=O) groups excluding carboxylic acids is 1. The Labute approximate surface area is 199 Å². The molecule has 2 heterocycles. The van der Waals surface area contributed by atoms with Crippen LogP contribution in [0.2, 0.25) is 0 Å². The monoisotopic (exact) mass is 507 g/mol. The van der Waals surface area contributed by atoms with Crippen LogP contribution in [0.1, 0.15) is 38.3 Å². The number of amides is 1. The molecule has 0 atom stereocenters. The van der Waals surface area contributed by atoms with E-state index in [1.165, 1.54) is 35.3 Å². The van der Waals surface area contributed by atoms with Gasteiger partial charge in [0.2, 0.25) is 0 Å². The van der Waals surface area contributed by atoms with Gasteiger partial charge < -0.3 is 10.1 Å². The normalized spacial score (nSPS) is 12.5. The number of benzene rings is 2. The highest BCUT2D eigenvalue weighted by molar-refractivity contribution is 9.10. The van der Waals surface area contributed by atoms with Gasteiger partial charge in [0, 0.05) is 17.4 Å². The van der Waals surface area contributed by atoms with Crippen molar-refractivity contribution in [1.82, 2.24) is 9.78 Å². The minimum absolute atomic E-state index is 0.113. The van der Waals surface area contributed by atoms with Crippen LogP contribution in [0.25, 0.3) is 0 Å². The van der Waals surface area contributed by atoms with Crippen molar-refractivity contribution in [2.75, 3.05) is 5.32 Å². The summed E-state index contributed by atoms with van der Waals surface area (Å²) in [4.78, 5) is 13.4. The molecule has 5 nitrogen and oxygen atoms in total. The first-order chi connectivity index (χ1) is 15.6. The summed E-state index contributed by atoms with van der Waals surface area (Å²) in [6.45, 7) is 1.09. The lowest BCUT2D eigenvalue weighted by molar-refractivity contribution is 0.103. The summed E-state index contributed by atoms with van der Waals surface area (Å²) in [6.07, 6.45) is 7.21. The molecule has 0 bridgehead atoms. The molecule has 5 rings (SSSR count). The molecule has 0 saturated heterocycles. The first-order valence-corrected chi connectivity index (χ1v) is 12.2. The van der Waals surface area contributed by atoms with Crippen molar-refractivity contribution >= 4 is 38.9 Å². The number of carbonyl (C=O) groups is 1. The van der Waals surface area contributed by atoms with E-state index in [1.54, 1.807) is 6.20 Å². The van der Waals surface area contributed by atoms with Gasteiger partial charge in [-0.05, 0) is 87.6 Å². The molecule has 162 valence electrons. The average molecular weight is 508 g/mol. The first kappa shape index (κ1) is 21.0. The summed E-state index contributed by atoms with van der Waals surface area (Å²) in [5, 5.41) is 9.26. The fourth-order valence-electron chi connectivity index (χ4n) is 3.93. The summed E-state index contributed by atoms with van der Waals surface area (Å²) >= 11 is 4.84. The number of anilines is 1. The molecule has 2 aromatic heterocycles. The lowest BCUT2D eigenvalue weighted by atomic mass is 10.1. The van der Waals surface area contributed by atoms with Gasteiger partial charge >= 0.3 is 0 Å². The molecule has 0 unspecified atom stereocenters. The molecule has 32 heavy (non-hydrogen) atoms. The second-order valence-electron chi connectivity index (χ2n) is 7.90. The fraction of sp³-hybridized carbons (Fsp3) is 0.200. The van der Waals surface area contributed by atoms with E-state index in [4.69, 9.17) is 4.74 Å². The molecule has 1 aliphatic carbocycles. The Kier molecular flexibility index (Phi) is 6.10. The lowest BCUT2D eigenvalue weighted by Gasteiger charge is -2.07. The summed E-state index contributed by atoms with van der Waals surface area (Å²) in [6, 6.07) is 16.1. The number of halogens is 1. The van der Waals surface area contributed by atoms with E-state index in [1.807, 2.05) is 52.7 Å². The third kappa shape index (κ3) is 4.95. The molecule has 0 fully saturated rings. The number of hydrogen-bond donors (Lipinski definition) is 1. The van der Waals surface area contributed by atoms with Crippen LogP contribution in [-0.4, -0.2) is 15.7 Å². The highest BCUT2D eigenvalue weighted by atomic mass is 79.9. The van der Waals surface area contributed by atoms with Gasteiger partial charge in [-0.1, -0.05) is 18.2 Å². The zero-order valence-electron chi connectivity index (χ0n) is 17.4. The molecule has 1 N–H and O–H groups in total. The Morgan fingerprint density at radius 2 is 2.03 bits per heavy atom. The highest BCUT2D eigenvalue weighted by Gasteiger charge is 2.13. The number of nitrogens with one attached hydrogen (secondary N) is 1. The maximum Gasteiger partial charge on any atom is 0.265 e. The minimum Gasteiger partial charge on any atom is -0.489 e. The molecular formula is C25H22BrN3O2S. The van der Waals surface area contributed by atoms with Crippen LogP contribution < -0.4 is 10.1 Å². The van der Waals surface area contributed by atoms with Gasteiger partial charge in [0.05, 0.1) is 22.1 Å². The zero-order valence-corrected chi connectivity index (χ0v) is 19.8. The third-order valence-electron chi connectivity index (χ3n) is 5.48. The third-order valence-corrected chi connectivity index (χ3v) is 6.87. The van der Waals surface area contributed by atoms with E-state index in [-0.39, 0.29) is 5.91 Å². The predicted molar refractivity (Wildman–Crippen MR) is 131 cm³/mol. The Bertz CT molecular complexity index is 1260. The predicted octanol–water partition coefficient (Wildman–Crippen LogP) is 6.08. The van der Waals surface area contributed by atoms with Crippen LogP contribution >= 0.6 is 27.3 Å². The number of ether oxygens (including phenoxy) is 1. The van der Waals surface area contributed by atoms with Crippen LogP contribution in [0.4, 0.5) is 5.69 Å². The second-order valence-corrected chi connectivity index (χ2v) is 9.73. The number of fused-ring (bicyclic) bond motifs is 1. The van der Waals surface area contributed by atoms with E-state index in [2.05, 4.69) is 38.5 Å². The van der Waals surface area contributed by atoms with Crippen LogP contribution in [0, 0.1) is 0 Å². The molecule has 7 heteroatoms. The second kappa shape index (κ2) is 9.30. The van der Waals surface area contributed by atoms with Gasteiger partial charge in [0.15, 0.2) is 0 Å². The van der Waals surface area contributed by atoms with Gasteiger partial charge in [0.25, 0.3) is 5.91 Å². The molecule has 1 amide bonds. The van der Waals surface area contributed by atoms with E-state index in [0.717, 1.165) is 33.5 Å². The summed E-state index contributed by atoms with van der Waals surface area (Å²) in [5.41, 5.74) is 5.67. The number of thiophene rings is 1. The smallest absolute Gasteiger partial charge is 0.265 e. The molecule has 0 saturated carbocycles. The maximum atomic E-state index is 12.7. The van der Waals surface area contributed by atoms with Crippen LogP contribution in [0.5, 0.6) is 5.75 Å². The Morgan fingerprint density at radius 3 is 2.91 bits per heavy atom. The molecule has 1 aliphatic rings. The number of aryl methyl sites for hydroxylation is 2. The number of rotatable bonds is 7. The molecule has 0 aliphatic heterocycles. The average Bonchev–Trinajstić information content (AvgIpc) is 3.53. The van der Waals surface area contributed by atoms with E-state index < -0.39 is 0 Å². The Morgan fingerprint density at radius 1 is 1.12 bits per heavy atom. The molecule has 2 aromatic carbocycles. The number of hydrogen-bond acceptors (Lipinski definition) is 4. The summed E-state index contributed by atoms with van der Waals surface area (Å²) in [5.74, 6) is 0.779. The van der Waals surface area contributed by atoms with Crippen molar-refractivity contribution < 1.29 is 9.53 Å². The highest BCUT2D eigenvalue weighted by Crippen LogP contribution is 2.27. The van der Waals surface area contributed by atoms with Crippen molar-refractivity contribution in [2.24, 2.45) is 0 Å². The van der Waals surface area contributed by atoms with Gasteiger partial charge in [-0.3, -0.25) is 9.48 Å². The van der Waals surface area contributed by atoms with Crippen molar-refractivity contribution in [1.29, 1.82) is 0 Å². The van der Waals surface area contributed by atoms with Crippen LogP contribution in [-0.2, 0) is 26.0 Å². The number of nitrogens with zero attached hydrogens (tertiary/aromatic N) is 2. The molecule has 0 spiro atoms. The van der Waals surface area contributed by atoms with E-state index >= 15 is 0 Å². The quantitative estimate of drug-likeness (QED) is 0.330. The standard InChI is InChI=1S/C25H22BrN3O2S/c26-21-12-27-29(14-21)13-17-3-1-6-22(9-17)28-25(30)24-10-18(16-32-24)15-31-23-8-7-19-4-2-5-20(19)11-23/h1,3,6-12,14,16H,2,4-5,13,15H2,(H,28,30). The van der Waals surface area contributed by atoms with E-state index in [0.29, 0.717) is 18.0 Å². The van der Waals surface area contributed by atoms with Crippen LogP contribution in [0.3, 0.4) is 0 Å². The fourth-order valence-corrected chi connectivity index (χ4v) is 5.05. The van der Waals surface area contributed by atoms with E-state index in [9.17, 15) is 4.79 Å². The summed E-state index contributed by atoms with van der Waals surface area (Å²) in [7, 11) is 0. The van der Waals surface area contributed by atoms with Gasteiger partial charge in [-0.25, -0.2) is 0 Å². The van der Waals surface area contributed by atoms with Crippen molar-refractivity contribution in [3.63, 3.8) is 0 Å². The zero-order chi connectivity index (χ0) is 21.9. The Balaban J connectivity index is 1.19. The first-order valence-electron chi connectivity index (χ1n) is 10.5. The van der Waals surface area contributed by atoms with Crippen molar-refractivity contribution in [3.05, 3.63) is 97.9 Å². The number of aromatic nitrogens is 2. The lowest BCUT2D eigenvalue weighted by Crippen LogP contribution is -2.10. The topological polar surface area (TPSA) is 56.2 Å². The SMILES string of the molecule is O=C(Nc1cccc(Cn2cc(Br)cn2)c1)c1cc(COc2ccc3c(c2)CCC3)cs1. The van der Waals surface area contributed by atoms with Gasteiger partial charge in [-0.2, -0.15) is 5.10 Å². The van der Waals surface area contributed by atoms with Crippen LogP contribution in [0.15, 0.2) is 70.8 Å². The van der Waals surface area contributed by atoms with Gasteiger partial charge in [-0.15, -0.1) is 11.3 Å². The Hall–Kier alpha value is -2.90. The van der Waals surface area contributed by atoms with Gasteiger partial charge in [0.1, 0.15) is 12.4 Å². The van der Waals surface area contributed by atoms with Crippen molar-refractivity contribution in [3.8, 4) is 5.75 Å². The molecular weight excluding hydrogens is 486 g/mol. The summed E-state index contributed by atoms with van der Waals surface area (Å²) < 4.78 is 8.75. The van der Waals surface area contributed by atoms with Crippen molar-refractivity contribution in [2.45, 2.75) is 32.4 Å².